The van der Waals surface area contributed by atoms with Crippen molar-refractivity contribution in [1.82, 2.24) is 0 Å². The van der Waals surface area contributed by atoms with Gasteiger partial charge >= 0.3 is 5.97 Å². The van der Waals surface area contributed by atoms with Gasteiger partial charge in [-0.25, -0.2) is 4.79 Å². The molecule has 1 aliphatic carbocycles. The quantitative estimate of drug-likeness (QED) is 0.853. The number of carboxylic acids is 1. The average molecular weight is 292 g/mol. The largest absolute Gasteiger partial charge is 0.478 e. The third-order valence-electron chi connectivity index (χ3n) is 4.40. The minimum absolute atomic E-state index is 0.164. The van der Waals surface area contributed by atoms with Crippen LogP contribution in [0, 0.1) is 0 Å². The Morgan fingerprint density at radius 1 is 1.30 bits per heavy atom. The second-order valence-electron chi connectivity index (χ2n) is 5.78. The lowest BCUT2D eigenvalue weighted by atomic mass is 9.98. The van der Waals surface area contributed by atoms with E-state index in [0.717, 1.165) is 17.1 Å². The maximum Gasteiger partial charge on any atom is 0.336 e. The normalized spacial score (nSPS) is 24.3. The lowest BCUT2D eigenvalue weighted by Gasteiger charge is -2.23. The zero-order valence-corrected chi connectivity index (χ0v) is 12.3. The first-order chi connectivity index (χ1) is 9.69. The van der Waals surface area contributed by atoms with Crippen molar-refractivity contribution in [2.45, 2.75) is 55.1 Å². The summed E-state index contributed by atoms with van der Waals surface area (Å²) in [6.07, 6.45) is 7.57. The summed E-state index contributed by atoms with van der Waals surface area (Å²) in [5.74, 6) is -0.000761. The molecule has 0 bridgehead atoms. The maximum atomic E-state index is 11.2. The van der Waals surface area contributed by atoms with Gasteiger partial charge in [0, 0.05) is 10.6 Å². The lowest BCUT2D eigenvalue weighted by molar-refractivity contribution is -0.0267. The van der Waals surface area contributed by atoms with Crippen molar-refractivity contribution >= 4 is 17.7 Å². The minimum Gasteiger partial charge on any atom is -0.478 e. The molecule has 1 unspecified atom stereocenters. The summed E-state index contributed by atoms with van der Waals surface area (Å²) in [5.41, 5.74) is 0.559. The summed E-state index contributed by atoms with van der Waals surface area (Å²) < 4.78 is 6.26. The fourth-order valence-corrected chi connectivity index (χ4v) is 4.44. The van der Waals surface area contributed by atoms with E-state index in [4.69, 9.17) is 4.74 Å². The molecule has 1 aromatic rings. The third kappa shape index (κ3) is 2.86. The number of carbonyl (C=O) groups is 1. The van der Waals surface area contributed by atoms with E-state index in [0.29, 0.717) is 5.56 Å². The van der Waals surface area contributed by atoms with Crippen LogP contribution in [0.15, 0.2) is 29.2 Å². The zero-order valence-electron chi connectivity index (χ0n) is 11.5. The number of aromatic carboxylic acids is 1. The predicted molar refractivity (Wildman–Crippen MR) is 79.4 cm³/mol. The Hall–Kier alpha value is -1.00. The molecule has 1 atom stereocenters. The van der Waals surface area contributed by atoms with Crippen LogP contribution in [0.2, 0.25) is 0 Å². The Balaban J connectivity index is 1.59. The third-order valence-corrected chi connectivity index (χ3v) is 5.60. The van der Waals surface area contributed by atoms with E-state index in [1.165, 1.54) is 32.1 Å². The Bertz CT molecular complexity index is 494. The topological polar surface area (TPSA) is 46.5 Å². The van der Waals surface area contributed by atoms with Crippen molar-refractivity contribution in [2.75, 3.05) is 5.75 Å². The van der Waals surface area contributed by atoms with Gasteiger partial charge in [0.05, 0.1) is 17.3 Å². The molecule has 2 aliphatic rings. The highest BCUT2D eigenvalue weighted by Gasteiger charge is 2.41. The molecule has 1 saturated heterocycles. The van der Waals surface area contributed by atoms with E-state index in [9.17, 15) is 9.90 Å². The number of hydrogen-bond donors (Lipinski definition) is 1. The number of thioether (sulfide) groups is 1. The molecule has 1 heterocycles. The van der Waals surface area contributed by atoms with E-state index in [1.807, 2.05) is 12.1 Å². The SMILES string of the molecule is O=C(O)c1ccccc1SCC1CCC2(CCCC2)O1. The first kappa shape index (κ1) is 14.0. The molecule has 1 aromatic carbocycles. The second kappa shape index (κ2) is 5.78. The van der Waals surface area contributed by atoms with Crippen molar-refractivity contribution < 1.29 is 14.6 Å². The molecule has 0 aromatic heterocycles. The molecule has 3 nitrogen and oxygen atoms in total. The van der Waals surface area contributed by atoms with Crippen LogP contribution in [0.3, 0.4) is 0 Å². The van der Waals surface area contributed by atoms with E-state index >= 15 is 0 Å². The summed E-state index contributed by atoms with van der Waals surface area (Å²) in [7, 11) is 0. The van der Waals surface area contributed by atoms with Crippen molar-refractivity contribution in [3.05, 3.63) is 29.8 Å². The van der Waals surface area contributed by atoms with Crippen molar-refractivity contribution in [2.24, 2.45) is 0 Å². The van der Waals surface area contributed by atoms with Crippen LogP contribution in [0.5, 0.6) is 0 Å². The molecule has 1 N–H and O–H groups in total. The van der Waals surface area contributed by atoms with Crippen LogP contribution in [-0.2, 0) is 4.74 Å². The highest BCUT2D eigenvalue weighted by molar-refractivity contribution is 7.99. The van der Waals surface area contributed by atoms with Gasteiger partial charge in [0.2, 0.25) is 0 Å². The Kier molecular flexibility index (Phi) is 4.03. The van der Waals surface area contributed by atoms with E-state index in [1.54, 1.807) is 23.9 Å². The van der Waals surface area contributed by atoms with Gasteiger partial charge in [0.25, 0.3) is 0 Å². The smallest absolute Gasteiger partial charge is 0.336 e. The lowest BCUT2D eigenvalue weighted by Crippen LogP contribution is -2.25. The van der Waals surface area contributed by atoms with Crippen LogP contribution in [0.4, 0.5) is 0 Å². The number of rotatable bonds is 4. The maximum absolute atomic E-state index is 11.2. The predicted octanol–water partition coefficient (Wildman–Crippen LogP) is 3.97. The summed E-state index contributed by atoms with van der Waals surface area (Å²) in [4.78, 5) is 12.0. The average Bonchev–Trinajstić information content (AvgIpc) is 3.07. The minimum atomic E-state index is -0.854. The van der Waals surface area contributed by atoms with Gasteiger partial charge in [0.1, 0.15) is 0 Å². The standard InChI is InChI=1S/C16H20O3S/c17-15(18)13-5-1-2-6-14(13)20-11-12-7-10-16(19-12)8-3-4-9-16/h1-2,5-6,12H,3-4,7-11H2,(H,17,18). The monoisotopic (exact) mass is 292 g/mol. The Labute approximate surface area is 123 Å². The highest BCUT2D eigenvalue weighted by Crippen LogP contribution is 2.44. The number of ether oxygens (including phenoxy) is 1. The van der Waals surface area contributed by atoms with Gasteiger partial charge in [-0.2, -0.15) is 0 Å². The Morgan fingerprint density at radius 2 is 2.05 bits per heavy atom. The molecule has 4 heteroatoms. The highest BCUT2D eigenvalue weighted by atomic mass is 32.2. The number of hydrogen-bond acceptors (Lipinski definition) is 3. The molecule has 1 spiro atoms. The Morgan fingerprint density at radius 3 is 2.80 bits per heavy atom. The van der Waals surface area contributed by atoms with E-state index < -0.39 is 5.97 Å². The van der Waals surface area contributed by atoms with Crippen LogP contribution >= 0.6 is 11.8 Å². The van der Waals surface area contributed by atoms with Crippen molar-refractivity contribution in [3.8, 4) is 0 Å². The summed E-state index contributed by atoms with van der Waals surface area (Å²) in [6, 6.07) is 7.21. The van der Waals surface area contributed by atoms with Gasteiger partial charge in [0.15, 0.2) is 0 Å². The molecule has 0 amide bonds. The molecule has 20 heavy (non-hydrogen) atoms. The van der Waals surface area contributed by atoms with E-state index in [2.05, 4.69) is 0 Å². The van der Waals surface area contributed by atoms with Crippen LogP contribution in [0.25, 0.3) is 0 Å². The molecule has 108 valence electrons. The van der Waals surface area contributed by atoms with Crippen LogP contribution in [-0.4, -0.2) is 28.5 Å². The molecule has 0 radical (unpaired) electrons. The molecular formula is C16H20O3S. The van der Waals surface area contributed by atoms with E-state index in [-0.39, 0.29) is 11.7 Å². The first-order valence-corrected chi connectivity index (χ1v) is 8.30. The van der Waals surface area contributed by atoms with Crippen molar-refractivity contribution in [1.29, 1.82) is 0 Å². The molecule has 2 fully saturated rings. The zero-order chi connectivity index (χ0) is 14.0. The van der Waals surface area contributed by atoms with Crippen LogP contribution in [0.1, 0.15) is 48.9 Å². The fraction of sp³-hybridized carbons (Fsp3) is 0.562. The number of benzene rings is 1. The summed E-state index contributed by atoms with van der Waals surface area (Å²) >= 11 is 1.61. The summed E-state index contributed by atoms with van der Waals surface area (Å²) in [6.45, 7) is 0. The molecular weight excluding hydrogens is 272 g/mol. The second-order valence-corrected chi connectivity index (χ2v) is 6.84. The van der Waals surface area contributed by atoms with Crippen molar-refractivity contribution in [3.63, 3.8) is 0 Å². The van der Waals surface area contributed by atoms with Gasteiger partial charge in [-0.05, 0) is 37.8 Å². The molecule has 1 aliphatic heterocycles. The van der Waals surface area contributed by atoms with Gasteiger partial charge < -0.3 is 9.84 Å². The first-order valence-electron chi connectivity index (χ1n) is 7.31. The fourth-order valence-electron chi connectivity index (χ4n) is 3.35. The summed E-state index contributed by atoms with van der Waals surface area (Å²) in [5, 5.41) is 9.18. The number of carboxylic acid groups (broad SMARTS) is 1. The van der Waals surface area contributed by atoms with Crippen LogP contribution < -0.4 is 0 Å². The van der Waals surface area contributed by atoms with Gasteiger partial charge in [-0.1, -0.05) is 25.0 Å². The molecule has 3 rings (SSSR count). The molecule has 1 saturated carbocycles. The van der Waals surface area contributed by atoms with Gasteiger partial charge in [-0.15, -0.1) is 11.8 Å². The van der Waals surface area contributed by atoms with Gasteiger partial charge in [-0.3, -0.25) is 0 Å².